The van der Waals surface area contributed by atoms with Gasteiger partial charge >= 0.3 is 11.9 Å². The van der Waals surface area contributed by atoms with Crippen LogP contribution in [0.25, 0.3) is 10.9 Å². The van der Waals surface area contributed by atoms with Gasteiger partial charge in [-0.15, -0.1) is 0 Å². The zero-order valence-electron chi connectivity index (χ0n) is 18.3. The molecule has 1 aromatic heterocycles. The highest BCUT2D eigenvalue weighted by Crippen LogP contribution is 2.34. The van der Waals surface area contributed by atoms with Gasteiger partial charge in [0.15, 0.2) is 0 Å². The zero-order valence-corrected chi connectivity index (χ0v) is 19.0. The molecule has 9 heteroatoms. The number of methoxy groups -OCH3 is 1. The molecule has 8 nitrogen and oxygen atoms in total. The van der Waals surface area contributed by atoms with Crippen molar-refractivity contribution in [2.24, 2.45) is 0 Å². The lowest BCUT2D eigenvalue weighted by Crippen LogP contribution is -2.49. The third-order valence-electron chi connectivity index (χ3n) is 6.07. The summed E-state index contributed by atoms with van der Waals surface area (Å²) >= 11 is 6.13. The van der Waals surface area contributed by atoms with Crippen LogP contribution < -0.4 is 9.64 Å². The second-order valence-electron chi connectivity index (χ2n) is 8.05. The summed E-state index contributed by atoms with van der Waals surface area (Å²) in [5.41, 5.74) is 2.44. The van der Waals surface area contributed by atoms with Gasteiger partial charge in [0.1, 0.15) is 11.8 Å². The molecule has 1 atom stereocenters. The van der Waals surface area contributed by atoms with Crippen molar-refractivity contribution in [3.05, 3.63) is 59.2 Å². The fraction of sp³-hybridized carbons (Fsp3) is 0.333. The van der Waals surface area contributed by atoms with Crippen molar-refractivity contribution in [3.63, 3.8) is 0 Å². The molecule has 3 aromatic rings. The van der Waals surface area contributed by atoms with E-state index in [9.17, 15) is 14.7 Å². The van der Waals surface area contributed by atoms with E-state index in [1.807, 2.05) is 45.9 Å². The maximum atomic E-state index is 12.5. The first kappa shape index (κ1) is 22.9. The Morgan fingerprint density at radius 1 is 1.09 bits per heavy atom. The molecule has 0 unspecified atom stereocenters. The minimum Gasteiger partial charge on any atom is -0.497 e. The van der Waals surface area contributed by atoms with E-state index >= 15 is 0 Å². The van der Waals surface area contributed by atoms with Crippen LogP contribution in [0.2, 0.25) is 5.02 Å². The van der Waals surface area contributed by atoms with Gasteiger partial charge in [0.25, 0.3) is 0 Å². The summed E-state index contributed by atoms with van der Waals surface area (Å²) in [6.07, 6.45) is 1.72. The number of hydrogen-bond donors (Lipinski definition) is 2. The van der Waals surface area contributed by atoms with Crippen LogP contribution in [0.15, 0.2) is 48.7 Å². The van der Waals surface area contributed by atoms with Gasteiger partial charge in [-0.1, -0.05) is 17.7 Å². The van der Waals surface area contributed by atoms with Crippen LogP contribution in [-0.4, -0.2) is 64.9 Å². The summed E-state index contributed by atoms with van der Waals surface area (Å²) in [5.74, 6) is -1.22. The zero-order chi connectivity index (χ0) is 23.5. The van der Waals surface area contributed by atoms with E-state index in [-0.39, 0.29) is 13.0 Å². The lowest BCUT2D eigenvalue weighted by atomic mass is 10.0. The highest BCUT2D eigenvalue weighted by Gasteiger charge is 2.33. The molecule has 0 radical (unpaired) electrons. The third kappa shape index (κ3) is 4.91. The second-order valence-corrected chi connectivity index (χ2v) is 8.48. The Morgan fingerprint density at radius 3 is 2.48 bits per heavy atom. The number of halogens is 1. The highest BCUT2D eigenvalue weighted by molar-refractivity contribution is 6.30. The maximum absolute atomic E-state index is 12.5. The average Bonchev–Trinajstić information content (AvgIpc) is 3.15. The quantitative estimate of drug-likeness (QED) is 0.517. The minimum atomic E-state index is -0.939. The summed E-state index contributed by atoms with van der Waals surface area (Å²) in [6, 6.07) is 12.2. The lowest BCUT2D eigenvalue weighted by Gasteiger charge is -2.38. The summed E-state index contributed by atoms with van der Waals surface area (Å²) in [4.78, 5) is 27.7. The molecule has 1 aliphatic rings. The van der Waals surface area contributed by atoms with Gasteiger partial charge < -0.3 is 24.4 Å². The fourth-order valence-corrected chi connectivity index (χ4v) is 4.63. The molecule has 1 aliphatic heterocycles. The number of carbonyl (C=O) groups is 2. The van der Waals surface area contributed by atoms with E-state index in [4.69, 9.17) is 21.4 Å². The highest BCUT2D eigenvalue weighted by atomic mass is 35.5. The summed E-state index contributed by atoms with van der Waals surface area (Å²) < 4.78 is 7.18. The molecule has 33 heavy (non-hydrogen) atoms. The number of nitrogens with zero attached hydrogens (tertiary/aromatic N) is 3. The fourth-order valence-electron chi connectivity index (χ4n) is 4.45. The van der Waals surface area contributed by atoms with Crippen molar-refractivity contribution in [2.45, 2.75) is 19.0 Å². The average molecular weight is 472 g/mol. The molecular weight excluding hydrogens is 446 g/mol. The molecule has 1 saturated heterocycles. The van der Waals surface area contributed by atoms with Gasteiger partial charge in [0, 0.05) is 66.1 Å². The molecule has 2 N–H and O–H groups in total. The van der Waals surface area contributed by atoms with Gasteiger partial charge in [-0.3, -0.25) is 14.5 Å². The Balaban J connectivity index is 1.64. The molecule has 2 heterocycles. The van der Waals surface area contributed by atoms with Crippen molar-refractivity contribution in [1.29, 1.82) is 0 Å². The molecule has 4 rings (SSSR count). The Kier molecular flexibility index (Phi) is 6.76. The van der Waals surface area contributed by atoms with Gasteiger partial charge in [-0.2, -0.15) is 0 Å². The topological polar surface area (TPSA) is 95.2 Å². The van der Waals surface area contributed by atoms with Gasteiger partial charge in [-0.25, -0.2) is 0 Å². The number of benzene rings is 2. The van der Waals surface area contributed by atoms with Crippen LogP contribution in [0.4, 0.5) is 5.69 Å². The number of ether oxygens (including phenoxy) is 1. The number of carboxylic acid groups (broad SMARTS) is 2. The predicted octanol–water partition coefficient (Wildman–Crippen LogP) is 3.73. The van der Waals surface area contributed by atoms with Crippen molar-refractivity contribution in [3.8, 4) is 5.75 Å². The van der Waals surface area contributed by atoms with Crippen LogP contribution >= 0.6 is 11.6 Å². The van der Waals surface area contributed by atoms with Crippen LogP contribution in [0.3, 0.4) is 0 Å². The monoisotopic (exact) mass is 471 g/mol. The van der Waals surface area contributed by atoms with Crippen LogP contribution in [0.1, 0.15) is 18.0 Å². The Bertz CT molecular complexity index is 1170. The van der Waals surface area contributed by atoms with Crippen LogP contribution in [0.5, 0.6) is 5.75 Å². The minimum absolute atomic E-state index is 0.0503. The van der Waals surface area contributed by atoms with E-state index in [0.29, 0.717) is 42.5 Å². The van der Waals surface area contributed by atoms with E-state index < -0.39 is 18.0 Å². The number of aliphatic carboxylic acids is 2. The molecule has 0 saturated carbocycles. The molecule has 174 valence electrons. The Morgan fingerprint density at radius 2 is 1.85 bits per heavy atom. The Labute approximate surface area is 196 Å². The molecule has 1 fully saturated rings. The number of aromatic nitrogens is 1. The van der Waals surface area contributed by atoms with Gasteiger partial charge in [0.05, 0.1) is 13.5 Å². The lowest BCUT2D eigenvalue weighted by molar-refractivity contribution is -0.143. The number of carboxylic acids is 2. The largest absolute Gasteiger partial charge is 0.497 e. The summed E-state index contributed by atoms with van der Waals surface area (Å²) in [5, 5.41) is 20.8. The molecule has 2 aromatic carbocycles. The Hall–Kier alpha value is -3.23. The van der Waals surface area contributed by atoms with Gasteiger partial charge in [-0.05, 0) is 36.4 Å². The summed E-state index contributed by atoms with van der Waals surface area (Å²) in [7, 11) is 1.56. The van der Waals surface area contributed by atoms with Crippen molar-refractivity contribution in [2.75, 3.05) is 38.2 Å². The molecular formula is C24H26ClN3O5. The number of piperazine rings is 1. The van der Waals surface area contributed by atoms with Crippen molar-refractivity contribution >= 4 is 40.1 Å². The van der Waals surface area contributed by atoms with Crippen LogP contribution in [0, 0.1) is 0 Å². The number of rotatable bonds is 8. The van der Waals surface area contributed by atoms with Crippen molar-refractivity contribution < 1.29 is 24.5 Å². The SMILES string of the molecule is COc1ccc2c(c1)c([C@H](C(=O)O)N1CCN(c3cccc(Cl)c3)CC1)cn2CCC(=O)O. The summed E-state index contributed by atoms with van der Waals surface area (Å²) in [6.45, 7) is 2.73. The van der Waals surface area contributed by atoms with Gasteiger partial charge in [0.2, 0.25) is 0 Å². The second kappa shape index (κ2) is 9.72. The van der Waals surface area contributed by atoms with E-state index in [1.54, 1.807) is 19.4 Å². The standard InChI is InChI=1S/C24H26ClN3O5/c1-33-18-5-6-21-19(14-18)20(15-28(21)8-7-22(29)30)23(24(31)32)27-11-9-26(10-12-27)17-4-2-3-16(25)13-17/h2-6,13-15,23H,7-12H2,1H3,(H,29,30)(H,31,32)/t23-/m1/s1. The number of fused-ring (bicyclic) bond motifs is 1. The van der Waals surface area contributed by atoms with E-state index in [0.717, 1.165) is 16.6 Å². The first-order valence-corrected chi connectivity index (χ1v) is 11.1. The maximum Gasteiger partial charge on any atom is 0.325 e. The number of aryl methyl sites for hydroxylation is 1. The normalized spacial score (nSPS) is 15.5. The third-order valence-corrected chi connectivity index (χ3v) is 6.30. The first-order valence-electron chi connectivity index (χ1n) is 10.7. The van der Waals surface area contributed by atoms with Crippen molar-refractivity contribution in [1.82, 2.24) is 9.47 Å². The molecule has 0 bridgehead atoms. The molecule has 0 aliphatic carbocycles. The van der Waals surface area contributed by atoms with E-state index in [1.165, 1.54) is 0 Å². The van der Waals surface area contributed by atoms with Crippen LogP contribution in [-0.2, 0) is 16.1 Å². The molecule has 0 amide bonds. The van der Waals surface area contributed by atoms with E-state index in [2.05, 4.69) is 4.90 Å². The number of anilines is 1. The predicted molar refractivity (Wildman–Crippen MR) is 126 cm³/mol. The smallest absolute Gasteiger partial charge is 0.325 e. The number of hydrogen-bond acceptors (Lipinski definition) is 5. The first-order chi connectivity index (χ1) is 15.9. The molecule has 0 spiro atoms.